The van der Waals surface area contributed by atoms with Crippen LogP contribution >= 0.6 is 11.6 Å². The Morgan fingerprint density at radius 2 is 2.18 bits per heavy atom. The number of nitrogens with one attached hydrogen (secondary N) is 2. The monoisotopic (exact) mass is 472 g/mol. The molecule has 1 saturated heterocycles. The highest BCUT2D eigenvalue weighted by Crippen LogP contribution is 2.28. The van der Waals surface area contributed by atoms with Gasteiger partial charge in [0.2, 0.25) is 5.95 Å². The third kappa shape index (κ3) is 5.01. The molecule has 0 saturated carbocycles. The van der Waals surface area contributed by atoms with Crippen molar-refractivity contribution in [2.45, 2.75) is 13.0 Å². The highest BCUT2D eigenvalue weighted by molar-refractivity contribution is 6.32. The number of anilines is 3. The van der Waals surface area contributed by atoms with E-state index in [1.165, 1.54) is 11.6 Å². The van der Waals surface area contributed by atoms with Crippen LogP contribution in [0.1, 0.15) is 6.92 Å². The van der Waals surface area contributed by atoms with Crippen molar-refractivity contribution in [3.8, 4) is 5.75 Å². The molecule has 174 valence electrons. The lowest BCUT2D eigenvalue weighted by Crippen LogP contribution is -2.42. The van der Waals surface area contributed by atoms with Gasteiger partial charge in [-0.15, -0.1) is 0 Å². The zero-order valence-corrected chi connectivity index (χ0v) is 19.3. The Balaban J connectivity index is 1.62. The second-order valence-corrected chi connectivity index (χ2v) is 8.13. The Morgan fingerprint density at radius 3 is 2.94 bits per heavy atom. The van der Waals surface area contributed by atoms with Gasteiger partial charge in [0.05, 0.1) is 24.4 Å². The number of carbonyl (C=O) groups is 1. The summed E-state index contributed by atoms with van der Waals surface area (Å²) < 4.78 is 12.5. The van der Waals surface area contributed by atoms with E-state index in [-0.39, 0.29) is 29.9 Å². The Bertz CT molecular complexity index is 1250. The van der Waals surface area contributed by atoms with Gasteiger partial charge in [0.25, 0.3) is 11.5 Å². The molecule has 10 nitrogen and oxygen atoms in total. The number of aromatic nitrogens is 3. The number of nitrogens with zero attached hydrogens (tertiary/aromatic N) is 4. The van der Waals surface area contributed by atoms with Gasteiger partial charge in [-0.05, 0) is 31.2 Å². The summed E-state index contributed by atoms with van der Waals surface area (Å²) >= 11 is 6.35. The van der Waals surface area contributed by atoms with Crippen molar-refractivity contribution in [2.75, 3.05) is 43.6 Å². The van der Waals surface area contributed by atoms with Crippen molar-refractivity contribution in [2.24, 2.45) is 7.05 Å². The molecule has 1 aliphatic rings. The molecule has 1 atom stereocenters. The summed E-state index contributed by atoms with van der Waals surface area (Å²) in [5.41, 5.74) is 1.12. The molecular formula is C22H25ClN6O4. The first kappa shape index (κ1) is 22.8. The van der Waals surface area contributed by atoms with Gasteiger partial charge in [-0.1, -0.05) is 11.6 Å². The van der Waals surface area contributed by atoms with Gasteiger partial charge in [-0.25, -0.2) is 4.98 Å². The SMILES string of the molecule is CNC(=O)COc1cc2cc(Nc3nc(N4CCO[C@@H](C)C4)ncc3Cl)ccc2n(C)c1=O. The molecule has 0 spiro atoms. The van der Waals surface area contributed by atoms with Crippen LogP contribution in [-0.2, 0) is 16.6 Å². The van der Waals surface area contributed by atoms with E-state index < -0.39 is 0 Å². The first-order chi connectivity index (χ1) is 15.9. The van der Waals surface area contributed by atoms with Gasteiger partial charge in [0.1, 0.15) is 5.02 Å². The number of halogens is 1. The summed E-state index contributed by atoms with van der Waals surface area (Å²) in [5, 5.41) is 6.83. The minimum atomic E-state index is -0.324. The fourth-order valence-electron chi connectivity index (χ4n) is 3.58. The predicted molar refractivity (Wildman–Crippen MR) is 127 cm³/mol. The smallest absolute Gasteiger partial charge is 0.293 e. The Hall–Kier alpha value is -3.37. The number of amides is 1. The van der Waals surface area contributed by atoms with Crippen LogP contribution < -0.4 is 25.8 Å². The molecule has 3 aromatic rings. The second-order valence-electron chi connectivity index (χ2n) is 7.73. The van der Waals surface area contributed by atoms with Crippen molar-refractivity contribution < 1.29 is 14.3 Å². The Morgan fingerprint density at radius 1 is 1.36 bits per heavy atom. The molecule has 0 aliphatic carbocycles. The maximum Gasteiger partial charge on any atom is 0.293 e. The van der Waals surface area contributed by atoms with Crippen LogP contribution in [0.2, 0.25) is 5.02 Å². The average Bonchev–Trinajstić information content (AvgIpc) is 2.81. The van der Waals surface area contributed by atoms with Crippen molar-refractivity contribution in [1.29, 1.82) is 0 Å². The molecule has 1 aliphatic heterocycles. The van der Waals surface area contributed by atoms with E-state index in [0.29, 0.717) is 36.5 Å². The molecule has 0 bridgehead atoms. The number of ether oxygens (including phenoxy) is 2. The van der Waals surface area contributed by atoms with E-state index in [1.54, 1.807) is 19.3 Å². The number of carbonyl (C=O) groups excluding carboxylic acids is 1. The van der Waals surface area contributed by atoms with Crippen LogP contribution in [0.4, 0.5) is 17.5 Å². The quantitative estimate of drug-likeness (QED) is 0.561. The van der Waals surface area contributed by atoms with Gasteiger partial charge in [0, 0.05) is 38.3 Å². The zero-order chi connectivity index (χ0) is 23.5. The number of likely N-dealkylation sites (N-methyl/N-ethyl adjacent to an activating group) is 1. The van der Waals surface area contributed by atoms with Crippen LogP contribution in [-0.4, -0.2) is 59.9 Å². The van der Waals surface area contributed by atoms with E-state index in [9.17, 15) is 9.59 Å². The Kier molecular flexibility index (Phi) is 6.66. The number of hydrogen-bond donors (Lipinski definition) is 2. The molecule has 2 N–H and O–H groups in total. The number of benzene rings is 1. The molecule has 1 aromatic carbocycles. The molecule has 0 unspecified atom stereocenters. The molecule has 11 heteroatoms. The lowest BCUT2D eigenvalue weighted by atomic mass is 10.2. The molecule has 1 amide bonds. The molecular weight excluding hydrogens is 448 g/mol. The van der Waals surface area contributed by atoms with Gasteiger partial charge < -0.3 is 29.6 Å². The highest BCUT2D eigenvalue weighted by atomic mass is 35.5. The van der Waals surface area contributed by atoms with E-state index in [2.05, 4.69) is 25.5 Å². The fraction of sp³-hybridized carbons (Fsp3) is 0.364. The number of aryl methyl sites for hydroxylation is 1. The number of rotatable bonds is 6. The minimum Gasteiger partial charge on any atom is -0.478 e. The first-order valence-corrected chi connectivity index (χ1v) is 10.9. The standard InChI is InChI=1S/C22H25ClN6O4/c1-13-11-29(6-7-32-13)22-25-10-16(23)20(27-22)26-15-4-5-17-14(8-15)9-18(21(31)28(17)3)33-12-19(30)24-2/h4-5,8-10,13H,6-7,11-12H2,1-3H3,(H,24,30)(H,25,26,27)/t13-/m0/s1. The normalized spacial score (nSPS) is 16.0. The lowest BCUT2D eigenvalue weighted by Gasteiger charge is -2.31. The maximum absolute atomic E-state index is 12.6. The third-order valence-electron chi connectivity index (χ3n) is 5.35. The van der Waals surface area contributed by atoms with E-state index in [1.807, 2.05) is 25.1 Å². The summed E-state index contributed by atoms with van der Waals surface area (Å²) in [5.74, 6) is 0.817. The molecule has 33 heavy (non-hydrogen) atoms. The van der Waals surface area contributed by atoms with Crippen molar-refractivity contribution >= 4 is 45.9 Å². The number of morpholine rings is 1. The van der Waals surface area contributed by atoms with Crippen LogP contribution in [0.5, 0.6) is 5.75 Å². The minimum absolute atomic E-state index is 0.0922. The number of hydrogen-bond acceptors (Lipinski definition) is 8. The topological polar surface area (TPSA) is 111 Å². The molecule has 3 heterocycles. The molecule has 1 fully saturated rings. The summed E-state index contributed by atoms with van der Waals surface area (Å²) in [6.45, 7) is 3.78. The van der Waals surface area contributed by atoms with Crippen LogP contribution in [0, 0.1) is 0 Å². The average molecular weight is 473 g/mol. The zero-order valence-electron chi connectivity index (χ0n) is 18.6. The Labute approximate surface area is 195 Å². The largest absolute Gasteiger partial charge is 0.478 e. The van der Waals surface area contributed by atoms with Crippen LogP contribution in [0.3, 0.4) is 0 Å². The van der Waals surface area contributed by atoms with Crippen LogP contribution in [0.15, 0.2) is 35.3 Å². The summed E-state index contributed by atoms with van der Waals surface area (Å²) in [4.78, 5) is 35.1. The van der Waals surface area contributed by atoms with Crippen LogP contribution in [0.25, 0.3) is 10.9 Å². The summed E-state index contributed by atoms with van der Waals surface area (Å²) in [6, 6.07) is 7.13. The van der Waals surface area contributed by atoms with Crippen molar-refractivity contribution in [3.05, 3.63) is 45.8 Å². The molecule has 0 radical (unpaired) electrons. The van der Waals surface area contributed by atoms with Gasteiger partial charge in [-0.3, -0.25) is 9.59 Å². The molecule has 4 rings (SSSR count). The lowest BCUT2D eigenvalue weighted by molar-refractivity contribution is -0.122. The van der Waals surface area contributed by atoms with E-state index in [4.69, 9.17) is 21.1 Å². The molecule has 2 aromatic heterocycles. The van der Waals surface area contributed by atoms with E-state index >= 15 is 0 Å². The van der Waals surface area contributed by atoms with Crippen molar-refractivity contribution in [3.63, 3.8) is 0 Å². The van der Waals surface area contributed by atoms with E-state index in [0.717, 1.165) is 16.6 Å². The number of fused-ring (bicyclic) bond motifs is 1. The van der Waals surface area contributed by atoms with Gasteiger partial charge >= 0.3 is 0 Å². The predicted octanol–water partition coefficient (Wildman–Crippen LogP) is 2.08. The third-order valence-corrected chi connectivity index (χ3v) is 5.62. The maximum atomic E-state index is 12.6. The highest BCUT2D eigenvalue weighted by Gasteiger charge is 2.20. The summed E-state index contributed by atoms with van der Waals surface area (Å²) in [7, 11) is 3.16. The van der Waals surface area contributed by atoms with Crippen molar-refractivity contribution in [1.82, 2.24) is 19.9 Å². The first-order valence-electron chi connectivity index (χ1n) is 10.5. The fourth-order valence-corrected chi connectivity index (χ4v) is 3.72. The number of pyridine rings is 1. The summed E-state index contributed by atoms with van der Waals surface area (Å²) in [6.07, 6.45) is 1.67. The second kappa shape index (κ2) is 9.63. The van der Waals surface area contributed by atoms with Gasteiger partial charge in [0.15, 0.2) is 18.2 Å². The van der Waals surface area contributed by atoms with Gasteiger partial charge in [-0.2, -0.15) is 4.98 Å².